The highest BCUT2D eigenvalue weighted by Crippen LogP contribution is 2.45. The summed E-state index contributed by atoms with van der Waals surface area (Å²) in [5.74, 6) is 0. The van der Waals surface area contributed by atoms with E-state index in [1.807, 2.05) is 6.07 Å². The summed E-state index contributed by atoms with van der Waals surface area (Å²) in [4.78, 5) is 0. The first-order valence-corrected chi connectivity index (χ1v) is 5.16. The van der Waals surface area contributed by atoms with E-state index in [1.165, 1.54) is 24.0 Å². The van der Waals surface area contributed by atoms with Gasteiger partial charge in [-0.15, -0.1) is 0 Å². The van der Waals surface area contributed by atoms with Crippen LogP contribution in [0.3, 0.4) is 0 Å². The zero-order valence-corrected chi connectivity index (χ0v) is 8.05. The average molecular weight is 195 g/mol. The highest BCUT2D eigenvalue weighted by molar-refractivity contribution is 6.30. The summed E-state index contributed by atoms with van der Waals surface area (Å²) in [7, 11) is 0. The number of ether oxygens (including phenoxy) is 1. The molecule has 1 heterocycles. The lowest BCUT2D eigenvalue weighted by molar-refractivity contribution is 0.357. The van der Waals surface area contributed by atoms with E-state index in [0.717, 1.165) is 11.4 Å². The molecule has 0 radical (unpaired) electrons. The summed E-state index contributed by atoms with van der Waals surface area (Å²) in [6, 6.07) is 6.17. The Kier molecular flexibility index (Phi) is 1.64. The summed E-state index contributed by atoms with van der Waals surface area (Å²) in [5, 5.41) is 0.845. The zero-order valence-electron chi connectivity index (χ0n) is 7.29. The molecule has 0 saturated carbocycles. The predicted molar refractivity (Wildman–Crippen MR) is 52.0 cm³/mol. The molecule has 0 bridgehead atoms. The molecule has 68 valence electrons. The van der Waals surface area contributed by atoms with Crippen molar-refractivity contribution in [2.45, 2.75) is 31.5 Å². The summed E-state index contributed by atoms with van der Waals surface area (Å²) >= 11 is 5.95. The fourth-order valence-corrected chi connectivity index (χ4v) is 2.39. The summed E-state index contributed by atoms with van der Waals surface area (Å²) < 4.78 is 5.58. The molecule has 3 rings (SSSR count). The summed E-state index contributed by atoms with van der Waals surface area (Å²) in [6.07, 6.45) is 4.48. The SMILES string of the molecule is Clc1ccc2c(c1)CCCC1OC21. The Hall–Kier alpha value is -0.530. The van der Waals surface area contributed by atoms with E-state index in [4.69, 9.17) is 16.3 Å². The van der Waals surface area contributed by atoms with Crippen LogP contribution in [-0.4, -0.2) is 6.10 Å². The zero-order chi connectivity index (χ0) is 8.84. The van der Waals surface area contributed by atoms with Crippen molar-refractivity contribution in [3.05, 3.63) is 34.3 Å². The van der Waals surface area contributed by atoms with E-state index in [-0.39, 0.29) is 0 Å². The molecule has 1 aromatic rings. The first kappa shape index (κ1) is 7.84. The van der Waals surface area contributed by atoms with Gasteiger partial charge in [0.05, 0.1) is 6.10 Å². The molecule has 0 spiro atoms. The normalized spacial score (nSPS) is 30.2. The van der Waals surface area contributed by atoms with Gasteiger partial charge >= 0.3 is 0 Å². The Bertz CT molecular complexity index is 348. The van der Waals surface area contributed by atoms with E-state index in [9.17, 15) is 0 Å². The van der Waals surface area contributed by atoms with Crippen LogP contribution < -0.4 is 0 Å². The van der Waals surface area contributed by atoms with E-state index < -0.39 is 0 Å². The minimum atomic E-state index is 0.384. The molecule has 0 amide bonds. The maximum Gasteiger partial charge on any atom is 0.109 e. The van der Waals surface area contributed by atoms with E-state index in [0.29, 0.717) is 12.2 Å². The molecule has 2 atom stereocenters. The quantitative estimate of drug-likeness (QED) is 0.579. The van der Waals surface area contributed by atoms with Crippen LogP contribution in [0, 0.1) is 0 Å². The van der Waals surface area contributed by atoms with Crippen LogP contribution in [0.1, 0.15) is 30.1 Å². The van der Waals surface area contributed by atoms with Gasteiger partial charge in [-0.1, -0.05) is 17.7 Å². The van der Waals surface area contributed by atoms with Crippen LogP contribution in [0.5, 0.6) is 0 Å². The van der Waals surface area contributed by atoms with Crippen molar-refractivity contribution >= 4 is 11.6 Å². The van der Waals surface area contributed by atoms with Gasteiger partial charge in [0.15, 0.2) is 0 Å². The number of rotatable bonds is 0. The lowest BCUT2D eigenvalue weighted by Crippen LogP contribution is -1.90. The third-order valence-corrected chi connectivity index (χ3v) is 3.16. The molecule has 1 aromatic carbocycles. The highest BCUT2D eigenvalue weighted by Gasteiger charge is 2.42. The maximum absolute atomic E-state index is 5.95. The van der Waals surface area contributed by atoms with Gasteiger partial charge in [-0.25, -0.2) is 0 Å². The molecule has 2 heteroatoms. The average Bonchev–Trinajstić information content (AvgIpc) is 2.82. The van der Waals surface area contributed by atoms with Crippen molar-refractivity contribution in [1.82, 2.24) is 0 Å². The third-order valence-electron chi connectivity index (χ3n) is 2.93. The van der Waals surface area contributed by atoms with Gasteiger partial charge in [0.1, 0.15) is 6.10 Å². The number of halogens is 1. The van der Waals surface area contributed by atoms with Gasteiger partial charge < -0.3 is 4.74 Å². The van der Waals surface area contributed by atoms with Crippen LogP contribution in [0.25, 0.3) is 0 Å². The van der Waals surface area contributed by atoms with Crippen molar-refractivity contribution < 1.29 is 4.74 Å². The molecule has 1 aliphatic heterocycles. The Morgan fingerprint density at radius 3 is 3.23 bits per heavy atom. The smallest absolute Gasteiger partial charge is 0.109 e. The Morgan fingerprint density at radius 2 is 2.31 bits per heavy atom. The predicted octanol–water partition coefficient (Wildman–Crippen LogP) is 3.12. The summed E-state index contributed by atoms with van der Waals surface area (Å²) in [6.45, 7) is 0. The molecule has 2 aliphatic rings. The Morgan fingerprint density at radius 1 is 1.38 bits per heavy atom. The number of aryl methyl sites for hydroxylation is 1. The Labute approximate surface area is 82.7 Å². The van der Waals surface area contributed by atoms with Crippen LogP contribution in [0.2, 0.25) is 5.02 Å². The molecule has 0 N–H and O–H groups in total. The largest absolute Gasteiger partial charge is 0.364 e. The van der Waals surface area contributed by atoms with E-state index in [1.54, 1.807) is 0 Å². The number of fused-ring (bicyclic) bond motifs is 3. The standard InChI is InChI=1S/C11H11ClO/c12-8-4-5-9-7(6-8)2-1-3-10-11(9)13-10/h4-6,10-11H,1-3H2. The van der Waals surface area contributed by atoms with Gasteiger partial charge in [0.2, 0.25) is 0 Å². The maximum atomic E-state index is 5.95. The topological polar surface area (TPSA) is 12.5 Å². The second-order valence-corrected chi connectivity index (χ2v) is 4.27. The van der Waals surface area contributed by atoms with Crippen molar-refractivity contribution in [3.8, 4) is 0 Å². The van der Waals surface area contributed by atoms with Crippen molar-refractivity contribution in [3.63, 3.8) is 0 Å². The minimum Gasteiger partial charge on any atom is -0.364 e. The molecule has 1 aliphatic carbocycles. The van der Waals surface area contributed by atoms with Gasteiger partial charge in [0.25, 0.3) is 0 Å². The third kappa shape index (κ3) is 1.27. The highest BCUT2D eigenvalue weighted by atomic mass is 35.5. The molecule has 13 heavy (non-hydrogen) atoms. The first-order chi connectivity index (χ1) is 6.34. The second kappa shape index (κ2) is 2.73. The van der Waals surface area contributed by atoms with Gasteiger partial charge in [-0.3, -0.25) is 0 Å². The number of benzene rings is 1. The van der Waals surface area contributed by atoms with Crippen LogP contribution in [0.15, 0.2) is 18.2 Å². The molecular weight excluding hydrogens is 184 g/mol. The lowest BCUT2D eigenvalue weighted by atomic mass is 10.0. The molecule has 2 unspecified atom stereocenters. The van der Waals surface area contributed by atoms with Gasteiger partial charge in [-0.05, 0) is 42.5 Å². The monoisotopic (exact) mass is 194 g/mol. The molecule has 1 fully saturated rings. The molecule has 1 nitrogen and oxygen atoms in total. The van der Waals surface area contributed by atoms with Gasteiger partial charge in [0, 0.05) is 5.02 Å². The number of hydrogen-bond donors (Lipinski definition) is 0. The van der Waals surface area contributed by atoms with Crippen LogP contribution in [-0.2, 0) is 11.2 Å². The minimum absolute atomic E-state index is 0.384. The van der Waals surface area contributed by atoms with E-state index in [2.05, 4.69) is 12.1 Å². The molecule has 1 saturated heterocycles. The molecule has 0 aromatic heterocycles. The number of epoxide rings is 1. The summed E-state index contributed by atoms with van der Waals surface area (Å²) in [5.41, 5.74) is 2.75. The van der Waals surface area contributed by atoms with Crippen molar-refractivity contribution in [1.29, 1.82) is 0 Å². The van der Waals surface area contributed by atoms with Crippen molar-refractivity contribution in [2.24, 2.45) is 0 Å². The fraction of sp³-hybridized carbons (Fsp3) is 0.455. The van der Waals surface area contributed by atoms with Crippen LogP contribution >= 0.6 is 11.6 Å². The first-order valence-electron chi connectivity index (χ1n) is 4.78. The van der Waals surface area contributed by atoms with Crippen molar-refractivity contribution in [2.75, 3.05) is 0 Å². The van der Waals surface area contributed by atoms with E-state index >= 15 is 0 Å². The van der Waals surface area contributed by atoms with Gasteiger partial charge in [-0.2, -0.15) is 0 Å². The number of hydrogen-bond acceptors (Lipinski definition) is 1. The second-order valence-electron chi connectivity index (χ2n) is 3.83. The fourth-order valence-electron chi connectivity index (χ4n) is 2.20. The lowest BCUT2D eigenvalue weighted by Gasteiger charge is -2.05. The molecular formula is C11H11ClO. The van der Waals surface area contributed by atoms with Crippen LogP contribution in [0.4, 0.5) is 0 Å². The Balaban J connectivity index is 2.08.